The first-order valence-electron chi connectivity index (χ1n) is 10.0. The van der Waals surface area contributed by atoms with Crippen molar-refractivity contribution in [3.8, 4) is 11.1 Å². The van der Waals surface area contributed by atoms with Crippen LogP contribution in [0.5, 0.6) is 0 Å². The number of nitrogens with one attached hydrogen (secondary N) is 1. The molecule has 2 N–H and O–H groups in total. The van der Waals surface area contributed by atoms with Gasteiger partial charge in [0.1, 0.15) is 6.61 Å². The summed E-state index contributed by atoms with van der Waals surface area (Å²) < 4.78 is 5.65. The summed E-state index contributed by atoms with van der Waals surface area (Å²) in [5, 5.41) is 12.1. The number of alkyl carbamates (subject to hydrolysis) is 1. The summed E-state index contributed by atoms with van der Waals surface area (Å²) in [6.45, 7) is 0.272. The molecular weight excluding hydrogens is 378 g/mol. The van der Waals surface area contributed by atoms with Gasteiger partial charge in [-0.3, -0.25) is 0 Å². The minimum atomic E-state index is -0.962. The molecule has 5 heteroatoms. The van der Waals surface area contributed by atoms with Crippen LogP contribution in [0.2, 0.25) is 0 Å². The van der Waals surface area contributed by atoms with Crippen LogP contribution in [0.3, 0.4) is 0 Å². The average Bonchev–Trinajstić information content (AvgIpc) is 3.48. The zero-order chi connectivity index (χ0) is 20.7. The molecule has 0 aromatic heterocycles. The molecule has 0 heterocycles. The first-order chi connectivity index (χ1) is 14.6. The second-order valence-electron chi connectivity index (χ2n) is 7.92. The van der Waals surface area contributed by atoms with Crippen molar-refractivity contribution in [1.29, 1.82) is 0 Å². The second kappa shape index (κ2) is 7.02. The van der Waals surface area contributed by atoms with E-state index in [0.29, 0.717) is 0 Å². The zero-order valence-corrected chi connectivity index (χ0v) is 16.3. The summed E-state index contributed by atoms with van der Waals surface area (Å²) in [6, 6.07) is 23.1. The van der Waals surface area contributed by atoms with Crippen molar-refractivity contribution < 1.29 is 19.4 Å². The molecule has 0 bridgehead atoms. The summed E-state index contributed by atoms with van der Waals surface area (Å²) in [6.07, 6.45) is 1.17. The van der Waals surface area contributed by atoms with E-state index >= 15 is 0 Å². The van der Waals surface area contributed by atoms with Gasteiger partial charge >= 0.3 is 12.1 Å². The van der Waals surface area contributed by atoms with Gasteiger partial charge in [-0.15, -0.1) is 0 Å². The number of ether oxygens (including phenoxy) is 1. The van der Waals surface area contributed by atoms with Gasteiger partial charge in [-0.25, -0.2) is 9.59 Å². The molecule has 1 saturated carbocycles. The summed E-state index contributed by atoms with van der Waals surface area (Å²) in [4.78, 5) is 23.7. The molecule has 5 nitrogen and oxygen atoms in total. The number of fused-ring (bicyclic) bond motifs is 3. The number of carboxylic acid groups (broad SMARTS) is 1. The minimum absolute atomic E-state index is 0.0214. The molecule has 2 aliphatic carbocycles. The van der Waals surface area contributed by atoms with Crippen LogP contribution in [0, 0.1) is 0 Å². The molecule has 0 atom stereocenters. The Balaban J connectivity index is 1.28. The normalized spacial score (nSPS) is 15.7. The Bertz CT molecular complexity index is 1090. The van der Waals surface area contributed by atoms with Crippen molar-refractivity contribution in [3.63, 3.8) is 0 Å². The molecule has 1 amide bonds. The summed E-state index contributed by atoms with van der Waals surface area (Å²) in [5.74, 6) is -0.941. The Morgan fingerprint density at radius 2 is 1.47 bits per heavy atom. The number of amides is 1. The molecule has 0 spiro atoms. The monoisotopic (exact) mass is 399 g/mol. The molecule has 0 unspecified atom stereocenters. The molecule has 0 aliphatic heterocycles. The second-order valence-corrected chi connectivity index (χ2v) is 7.92. The predicted octanol–water partition coefficient (Wildman–Crippen LogP) is 4.91. The van der Waals surface area contributed by atoms with E-state index in [4.69, 9.17) is 9.84 Å². The number of rotatable bonds is 5. The average molecular weight is 399 g/mol. The molecule has 0 saturated heterocycles. The van der Waals surface area contributed by atoms with Crippen molar-refractivity contribution >= 4 is 12.1 Å². The Morgan fingerprint density at radius 1 is 0.900 bits per heavy atom. The largest absolute Gasteiger partial charge is 0.478 e. The van der Waals surface area contributed by atoms with E-state index in [1.807, 2.05) is 24.3 Å². The Labute approximate surface area is 174 Å². The van der Waals surface area contributed by atoms with Gasteiger partial charge < -0.3 is 15.2 Å². The molecule has 1 fully saturated rings. The zero-order valence-electron chi connectivity index (χ0n) is 16.3. The lowest BCUT2D eigenvalue weighted by Crippen LogP contribution is -2.36. The van der Waals surface area contributed by atoms with Crippen LogP contribution in [-0.2, 0) is 10.3 Å². The Hall–Kier alpha value is -3.60. The van der Waals surface area contributed by atoms with E-state index in [-0.39, 0.29) is 18.1 Å². The fraction of sp³-hybridized carbons (Fsp3) is 0.200. The Morgan fingerprint density at radius 3 is 2.00 bits per heavy atom. The highest BCUT2D eigenvalue weighted by atomic mass is 16.5. The first-order valence-corrected chi connectivity index (χ1v) is 10.0. The summed E-state index contributed by atoms with van der Waals surface area (Å²) >= 11 is 0. The van der Waals surface area contributed by atoms with Crippen LogP contribution in [0.1, 0.15) is 45.8 Å². The lowest BCUT2D eigenvalue weighted by molar-refractivity contribution is 0.0696. The maximum Gasteiger partial charge on any atom is 0.407 e. The maximum atomic E-state index is 12.6. The standard InChI is InChI=1S/C25H21NO4/c27-23(28)16-9-11-17(12-10-16)25(13-14-25)26-24(29)30-15-22-20-7-3-1-5-18(20)19-6-2-4-8-21(19)22/h1-12,22H,13-15H2,(H,26,29)(H,27,28). The lowest BCUT2D eigenvalue weighted by atomic mass is 9.98. The van der Waals surface area contributed by atoms with Gasteiger partial charge in [0.05, 0.1) is 11.1 Å². The Kier molecular flexibility index (Phi) is 4.31. The predicted molar refractivity (Wildman–Crippen MR) is 113 cm³/mol. The van der Waals surface area contributed by atoms with Gasteiger partial charge in [-0.05, 0) is 52.8 Å². The van der Waals surface area contributed by atoms with Crippen molar-refractivity contribution in [1.82, 2.24) is 5.32 Å². The fourth-order valence-electron chi connectivity index (χ4n) is 4.37. The first kappa shape index (κ1) is 18.4. The van der Waals surface area contributed by atoms with E-state index in [0.717, 1.165) is 18.4 Å². The van der Waals surface area contributed by atoms with E-state index in [1.165, 1.54) is 22.3 Å². The van der Waals surface area contributed by atoms with Gasteiger partial charge in [0, 0.05) is 5.92 Å². The molecule has 2 aliphatic rings. The number of aromatic carboxylic acids is 1. The quantitative estimate of drug-likeness (QED) is 0.639. The van der Waals surface area contributed by atoms with Crippen LogP contribution in [0.15, 0.2) is 72.8 Å². The van der Waals surface area contributed by atoms with Crippen LogP contribution in [0.4, 0.5) is 4.79 Å². The molecule has 30 heavy (non-hydrogen) atoms. The van der Waals surface area contributed by atoms with Gasteiger partial charge in [-0.2, -0.15) is 0 Å². The summed E-state index contributed by atoms with van der Waals surface area (Å²) in [5.41, 5.74) is 5.42. The molecular formula is C25H21NO4. The fourth-order valence-corrected chi connectivity index (χ4v) is 4.37. The van der Waals surface area contributed by atoms with Gasteiger partial charge in [0.25, 0.3) is 0 Å². The van der Waals surface area contributed by atoms with Crippen molar-refractivity contribution in [2.45, 2.75) is 24.3 Å². The van der Waals surface area contributed by atoms with E-state index in [1.54, 1.807) is 24.3 Å². The smallest absolute Gasteiger partial charge is 0.407 e. The van der Waals surface area contributed by atoms with Gasteiger partial charge in [0.2, 0.25) is 0 Å². The third kappa shape index (κ3) is 3.12. The molecule has 3 aromatic carbocycles. The topological polar surface area (TPSA) is 75.6 Å². The third-order valence-corrected chi connectivity index (χ3v) is 6.12. The van der Waals surface area contributed by atoms with Crippen molar-refractivity contribution in [2.24, 2.45) is 0 Å². The van der Waals surface area contributed by atoms with Crippen LogP contribution >= 0.6 is 0 Å². The van der Waals surface area contributed by atoms with Crippen LogP contribution in [-0.4, -0.2) is 23.8 Å². The van der Waals surface area contributed by atoms with E-state index in [2.05, 4.69) is 29.6 Å². The number of benzene rings is 3. The third-order valence-electron chi connectivity index (χ3n) is 6.12. The molecule has 3 aromatic rings. The molecule has 0 radical (unpaired) electrons. The van der Waals surface area contributed by atoms with Crippen molar-refractivity contribution in [3.05, 3.63) is 95.1 Å². The summed E-state index contributed by atoms with van der Waals surface area (Å²) in [7, 11) is 0. The number of hydrogen-bond donors (Lipinski definition) is 2. The number of carbonyl (C=O) groups is 2. The number of hydrogen-bond acceptors (Lipinski definition) is 3. The highest BCUT2D eigenvalue weighted by molar-refractivity contribution is 5.87. The minimum Gasteiger partial charge on any atom is -0.478 e. The van der Waals surface area contributed by atoms with Gasteiger partial charge in [-0.1, -0.05) is 60.7 Å². The maximum absolute atomic E-state index is 12.6. The highest BCUT2D eigenvalue weighted by Gasteiger charge is 2.46. The lowest BCUT2D eigenvalue weighted by Gasteiger charge is -2.20. The molecule has 150 valence electrons. The van der Waals surface area contributed by atoms with Crippen LogP contribution in [0.25, 0.3) is 11.1 Å². The SMILES string of the molecule is O=C(NC1(c2ccc(C(=O)O)cc2)CC1)OCC1c2ccccc2-c2ccccc21. The number of carboxylic acids is 1. The van der Waals surface area contributed by atoms with E-state index in [9.17, 15) is 9.59 Å². The molecule has 5 rings (SSSR count). The van der Waals surface area contributed by atoms with E-state index < -0.39 is 17.6 Å². The van der Waals surface area contributed by atoms with Crippen LogP contribution < -0.4 is 5.32 Å². The van der Waals surface area contributed by atoms with Crippen molar-refractivity contribution in [2.75, 3.05) is 6.61 Å². The highest BCUT2D eigenvalue weighted by Crippen LogP contribution is 2.46. The van der Waals surface area contributed by atoms with Gasteiger partial charge in [0.15, 0.2) is 0 Å². The number of carbonyl (C=O) groups excluding carboxylic acids is 1.